The number of fused-ring (bicyclic) bond motifs is 1. The summed E-state index contributed by atoms with van der Waals surface area (Å²) in [4.78, 5) is 13.0. The molecule has 7 heteroatoms. The number of hydrogen-bond acceptors (Lipinski definition) is 6. The van der Waals surface area contributed by atoms with Crippen molar-refractivity contribution in [2.45, 2.75) is 77.9 Å². The number of anilines is 1. The maximum Gasteiger partial charge on any atom is 0.208 e. The van der Waals surface area contributed by atoms with Crippen molar-refractivity contribution in [3.8, 4) is 24.2 Å². The van der Waals surface area contributed by atoms with Crippen LogP contribution in [0.5, 0.6) is 0 Å². The fourth-order valence-corrected chi connectivity index (χ4v) is 3.66. The van der Waals surface area contributed by atoms with Gasteiger partial charge < -0.3 is 16.2 Å². The number of aliphatic hydroxyl groups excluding tert-OH is 1. The van der Waals surface area contributed by atoms with Gasteiger partial charge in [0, 0.05) is 25.1 Å². The van der Waals surface area contributed by atoms with E-state index in [-0.39, 0.29) is 5.82 Å². The topological polar surface area (TPSA) is 102 Å². The van der Waals surface area contributed by atoms with Crippen LogP contribution in [0, 0.1) is 30.1 Å². The third-order valence-corrected chi connectivity index (χ3v) is 5.42. The molecule has 2 heterocycles. The van der Waals surface area contributed by atoms with Gasteiger partial charge in [0.05, 0.1) is 6.33 Å². The van der Waals surface area contributed by atoms with Crippen LogP contribution in [0.1, 0.15) is 83.7 Å². The third kappa shape index (κ3) is 7.59. The average molecular weight is 437 g/mol. The number of nitrogens with two attached hydrogens (primary N) is 1. The Balaban J connectivity index is 0.000000837. The molecule has 32 heavy (non-hydrogen) atoms. The highest BCUT2D eigenvalue weighted by Gasteiger charge is 2.16. The molecule has 1 aliphatic carbocycles. The van der Waals surface area contributed by atoms with Crippen molar-refractivity contribution in [1.29, 1.82) is 0 Å². The van der Waals surface area contributed by atoms with Crippen LogP contribution in [0.3, 0.4) is 0 Å². The quantitative estimate of drug-likeness (QED) is 0.564. The van der Waals surface area contributed by atoms with E-state index in [1.54, 1.807) is 10.9 Å². The largest absolute Gasteiger partial charge is 0.389 e. The molecule has 7 nitrogen and oxygen atoms in total. The van der Waals surface area contributed by atoms with Gasteiger partial charge >= 0.3 is 0 Å². The first-order valence-electron chi connectivity index (χ1n) is 11.5. The van der Waals surface area contributed by atoms with Crippen molar-refractivity contribution < 1.29 is 5.11 Å². The zero-order valence-electron chi connectivity index (χ0n) is 19.4. The van der Waals surface area contributed by atoms with Crippen LogP contribution in [-0.2, 0) is 0 Å². The summed E-state index contributed by atoms with van der Waals surface area (Å²) in [6.07, 6.45) is 14.9. The predicted octanol–water partition coefficient (Wildman–Crippen LogP) is 4.15. The van der Waals surface area contributed by atoms with Crippen molar-refractivity contribution in [2.24, 2.45) is 5.92 Å². The monoisotopic (exact) mass is 436 g/mol. The number of aromatic nitrogens is 4. The molecule has 0 saturated heterocycles. The molecule has 0 bridgehead atoms. The lowest BCUT2D eigenvalue weighted by molar-refractivity contribution is 0.0978. The second-order valence-corrected chi connectivity index (χ2v) is 7.98. The van der Waals surface area contributed by atoms with Crippen molar-refractivity contribution in [2.75, 3.05) is 12.3 Å². The third-order valence-electron chi connectivity index (χ3n) is 5.42. The van der Waals surface area contributed by atoms with Gasteiger partial charge in [-0.15, -0.1) is 12.3 Å². The van der Waals surface area contributed by atoms with E-state index in [4.69, 9.17) is 12.2 Å². The Morgan fingerprint density at radius 2 is 2.06 bits per heavy atom. The molecular weight excluding hydrogens is 400 g/mol. The Bertz CT molecular complexity index is 972. The van der Waals surface area contributed by atoms with E-state index in [2.05, 4.69) is 44.6 Å². The predicted molar refractivity (Wildman–Crippen MR) is 130 cm³/mol. The molecule has 0 amide bonds. The van der Waals surface area contributed by atoms with Crippen LogP contribution in [0.2, 0.25) is 0 Å². The van der Waals surface area contributed by atoms with Crippen LogP contribution in [0.25, 0.3) is 11.2 Å². The molecule has 1 fully saturated rings. The lowest BCUT2D eigenvalue weighted by Crippen LogP contribution is -2.14. The maximum atomic E-state index is 10.6. The Morgan fingerprint density at radius 1 is 1.34 bits per heavy atom. The zero-order chi connectivity index (χ0) is 23.3. The van der Waals surface area contributed by atoms with Gasteiger partial charge in [-0.05, 0) is 44.4 Å². The van der Waals surface area contributed by atoms with E-state index in [9.17, 15) is 5.11 Å². The molecule has 172 valence electrons. The number of imidazole rings is 1. The van der Waals surface area contributed by atoms with Crippen LogP contribution in [0.4, 0.5) is 5.82 Å². The summed E-state index contributed by atoms with van der Waals surface area (Å²) in [6, 6.07) is 0. The number of hydrogen-bond donors (Lipinski definition) is 3. The van der Waals surface area contributed by atoms with Gasteiger partial charge in [-0.2, -0.15) is 0 Å². The molecule has 1 atom stereocenters. The van der Waals surface area contributed by atoms with Gasteiger partial charge in [0.2, 0.25) is 5.82 Å². The molecule has 0 spiro atoms. The number of nitrogen functional groups attached to an aromatic ring is 1. The summed E-state index contributed by atoms with van der Waals surface area (Å²) in [5.41, 5.74) is 7.94. The van der Waals surface area contributed by atoms with Crippen LogP contribution >= 0.6 is 0 Å². The van der Waals surface area contributed by atoms with Crippen molar-refractivity contribution >= 4 is 17.0 Å². The maximum absolute atomic E-state index is 10.6. The Morgan fingerprint density at radius 3 is 2.72 bits per heavy atom. The summed E-state index contributed by atoms with van der Waals surface area (Å²) < 4.78 is 1.62. The first-order valence-corrected chi connectivity index (χ1v) is 11.5. The highest BCUT2D eigenvalue weighted by Crippen LogP contribution is 2.26. The molecule has 0 aliphatic heterocycles. The number of allylic oxidation sites excluding steroid dienone is 1. The van der Waals surface area contributed by atoms with E-state index in [0.717, 1.165) is 25.1 Å². The molecule has 3 rings (SSSR count). The minimum absolute atomic E-state index is 0.287. The lowest BCUT2D eigenvalue weighted by Gasteiger charge is -2.18. The van der Waals surface area contributed by atoms with E-state index >= 15 is 0 Å². The van der Waals surface area contributed by atoms with Crippen LogP contribution in [-0.4, -0.2) is 31.2 Å². The summed E-state index contributed by atoms with van der Waals surface area (Å²) >= 11 is 0. The number of nitrogens with one attached hydrogen (secondary N) is 1. The summed E-state index contributed by atoms with van der Waals surface area (Å²) in [5, 5.41) is 13.7. The van der Waals surface area contributed by atoms with E-state index < -0.39 is 6.23 Å². The fraction of sp³-hybridized carbons (Fsp3) is 0.560. The second-order valence-electron chi connectivity index (χ2n) is 7.98. The molecule has 1 aliphatic rings. The van der Waals surface area contributed by atoms with Gasteiger partial charge in [-0.25, -0.2) is 15.0 Å². The van der Waals surface area contributed by atoms with E-state index in [0.29, 0.717) is 35.7 Å². The Hall–Kier alpha value is -3.03. The lowest BCUT2D eigenvalue weighted by atomic mass is 9.87. The van der Waals surface area contributed by atoms with Crippen LogP contribution < -0.4 is 11.1 Å². The number of terminal acetylenes is 1. The van der Waals surface area contributed by atoms with E-state index in [1.165, 1.54) is 32.1 Å². The number of aliphatic hydroxyl groups is 1. The average Bonchev–Trinajstić information content (AvgIpc) is 3.23. The molecule has 1 saturated carbocycles. The smallest absolute Gasteiger partial charge is 0.208 e. The normalized spacial score (nSPS) is 14.4. The first-order chi connectivity index (χ1) is 15.5. The Kier molecular flexibility index (Phi) is 10.6. The molecule has 0 radical (unpaired) electrons. The minimum Gasteiger partial charge on any atom is -0.389 e. The summed E-state index contributed by atoms with van der Waals surface area (Å²) in [6.45, 7) is 8.72. The molecular formula is C25H36N6O. The fourth-order valence-electron chi connectivity index (χ4n) is 3.66. The minimum atomic E-state index is -0.766. The first kappa shape index (κ1) is 25.2. The van der Waals surface area contributed by atoms with Crippen molar-refractivity contribution in [3.63, 3.8) is 0 Å². The summed E-state index contributed by atoms with van der Waals surface area (Å²) in [5.74, 6) is 10.0. The molecule has 0 aromatic carbocycles. The number of rotatable bonds is 7. The van der Waals surface area contributed by atoms with Crippen LogP contribution in [0.15, 0.2) is 18.6 Å². The Labute approximate surface area is 191 Å². The summed E-state index contributed by atoms with van der Waals surface area (Å²) in [7, 11) is 0. The van der Waals surface area contributed by atoms with Gasteiger partial charge in [0.1, 0.15) is 11.7 Å². The number of nitrogens with zero attached hydrogens (tertiary/aromatic N) is 4. The molecule has 1 unspecified atom stereocenters. The van der Waals surface area contributed by atoms with Gasteiger partial charge in [-0.1, -0.05) is 38.7 Å². The zero-order valence-corrected chi connectivity index (χ0v) is 19.4. The second kappa shape index (κ2) is 13.4. The SMILES string of the molecule is C#CCC.C=C(CCC(O)n1cnc2c(N)nc(C#CCC3CCCCC3)nc21)NCC. The van der Waals surface area contributed by atoms with Gasteiger partial charge in [0.15, 0.2) is 11.5 Å². The molecule has 4 N–H and O–H groups in total. The van der Waals surface area contributed by atoms with E-state index in [1.807, 2.05) is 13.8 Å². The van der Waals surface area contributed by atoms with Gasteiger partial charge in [0.25, 0.3) is 0 Å². The molecule has 2 aromatic heterocycles. The highest BCUT2D eigenvalue weighted by atomic mass is 16.3. The van der Waals surface area contributed by atoms with Crippen molar-refractivity contribution in [3.05, 3.63) is 24.4 Å². The van der Waals surface area contributed by atoms with Crippen molar-refractivity contribution in [1.82, 2.24) is 24.8 Å². The standard InChI is InChI=1S/C21H30N6O.C4H6/c1-3-23-15(2)12-13-18(28)27-14-24-19-20(22)25-17(26-21(19)27)11-7-10-16-8-5-4-6-9-16;1-3-4-2/h14,16,18,23,28H,2-6,8-10,12-13H2,1H3,(H2,22,25,26);1H,4H2,2H3. The van der Waals surface area contributed by atoms with Gasteiger partial charge in [-0.3, -0.25) is 4.57 Å². The highest BCUT2D eigenvalue weighted by molar-refractivity contribution is 5.82. The molecule has 2 aromatic rings.